The molecule has 13 heteroatoms. The lowest BCUT2D eigenvalue weighted by Gasteiger charge is -2.30. The van der Waals surface area contributed by atoms with Crippen LogP contribution in [0, 0.1) is 29.1 Å². The fraction of sp³-hybridized carbons (Fsp3) is 0.513. The van der Waals surface area contributed by atoms with E-state index in [2.05, 4.69) is 4.98 Å². The van der Waals surface area contributed by atoms with Crippen LogP contribution in [-0.4, -0.2) is 82.8 Å². The third-order valence-electron chi connectivity index (χ3n) is 11.0. The van der Waals surface area contributed by atoms with E-state index >= 15 is 0 Å². The highest BCUT2D eigenvalue weighted by molar-refractivity contribution is 5.96. The van der Waals surface area contributed by atoms with Crippen molar-refractivity contribution in [2.45, 2.75) is 90.5 Å². The summed E-state index contributed by atoms with van der Waals surface area (Å²) in [6.07, 6.45) is 0.242. The fourth-order valence-corrected chi connectivity index (χ4v) is 8.77. The van der Waals surface area contributed by atoms with Crippen LogP contribution in [0.25, 0.3) is 0 Å². The third kappa shape index (κ3) is 6.29. The lowest BCUT2D eigenvalue weighted by molar-refractivity contribution is -0.155. The Hall–Kier alpha value is -4.91. The second-order valence-electron chi connectivity index (χ2n) is 14.7. The number of carbonyl (C=O) groups is 6. The Bertz CT molecular complexity index is 1810. The number of Topliss-reactive ketones (excluding diaryl/α,β-unsaturated/α-hetero) is 1. The molecule has 0 spiro atoms. The van der Waals surface area contributed by atoms with Gasteiger partial charge in [-0.25, -0.2) is 9.59 Å². The predicted molar refractivity (Wildman–Crippen MR) is 180 cm³/mol. The van der Waals surface area contributed by atoms with Gasteiger partial charge < -0.3 is 28.4 Å². The number of ether oxygens (including phenoxy) is 6. The van der Waals surface area contributed by atoms with Gasteiger partial charge in [0.2, 0.25) is 0 Å². The molecule has 0 amide bonds. The minimum Gasteiger partial charge on any atom is -0.461 e. The first-order valence-corrected chi connectivity index (χ1v) is 17.3. The molecular formula is C39H43NO12. The molecule has 2 heterocycles. The van der Waals surface area contributed by atoms with Crippen molar-refractivity contribution in [3.05, 3.63) is 77.6 Å². The summed E-state index contributed by atoms with van der Waals surface area (Å²) in [6, 6.07) is 11.4. The van der Waals surface area contributed by atoms with Gasteiger partial charge in [-0.05, 0) is 55.2 Å². The summed E-state index contributed by atoms with van der Waals surface area (Å²) in [6.45, 7) is 10.4. The molecule has 2 aromatic rings. The van der Waals surface area contributed by atoms with Crippen LogP contribution in [0.1, 0.15) is 75.6 Å². The van der Waals surface area contributed by atoms with E-state index < -0.39 is 88.6 Å². The number of pyridine rings is 1. The number of rotatable bonds is 8. The van der Waals surface area contributed by atoms with Crippen molar-refractivity contribution in [1.82, 2.24) is 4.98 Å². The molecule has 0 N–H and O–H groups in total. The number of epoxide rings is 1. The van der Waals surface area contributed by atoms with E-state index in [1.807, 2.05) is 6.92 Å². The number of hydrogen-bond acceptors (Lipinski definition) is 13. The van der Waals surface area contributed by atoms with Gasteiger partial charge in [-0.3, -0.25) is 24.2 Å². The molecule has 2 saturated carbocycles. The van der Waals surface area contributed by atoms with Crippen molar-refractivity contribution < 1.29 is 57.2 Å². The fourth-order valence-electron chi connectivity index (χ4n) is 8.77. The number of benzene rings is 1. The molecule has 1 aromatic heterocycles. The van der Waals surface area contributed by atoms with Crippen LogP contribution in [-0.2, 0) is 47.6 Å². The Morgan fingerprint density at radius 1 is 0.827 bits per heavy atom. The second-order valence-corrected chi connectivity index (χ2v) is 14.7. The minimum atomic E-state index is -1.46. The highest BCUT2D eigenvalue weighted by atomic mass is 16.7. The predicted octanol–water partition coefficient (Wildman–Crippen LogP) is 4.22. The largest absolute Gasteiger partial charge is 0.461 e. The Morgan fingerprint density at radius 2 is 1.46 bits per heavy atom. The van der Waals surface area contributed by atoms with Gasteiger partial charge in [-0.1, -0.05) is 39.0 Å². The normalized spacial score (nSPS) is 36.9. The molecule has 0 radical (unpaired) electrons. The molecule has 3 fully saturated rings. The summed E-state index contributed by atoms with van der Waals surface area (Å²) in [5.74, 6) is -6.50. The van der Waals surface area contributed by atoms with E-state index in [0.717, 1.165) is 0 Å². The average Bonchev–Trinajstić information content (AvgIpc) is 3.92. The molecule has 276 valence electrons. The maximum absolute atomic E-state index is 14.8. The second kappa shape index (κ2) is 13.6. The highest BCUT2D eigenvalue weighted by Gasteiger charge is 2.84. The average molecular weight is 718 g/mol. The number of fused-ring (bicyclic) bond motifs is 1. The first-order valence-electron chi connectivity index (χ1n) is 17.3. The van der Waals surface area contributed by atoms with Gasteiger partial charge in [0, 0.05) is 50.4 Å². The quantitative estimate of drug-likeness (QED) is 0.164. The maximum atomic E-state index is 14.8. The van der Waals surface area contributed by atoms with Crippen LogP contribution in [0.3, 0.4) is 0 Å². The van der Waals surface area contributed by atoms with Gasteiger partial charge in [-0.2, -0.15) is 0 Å². The van der Waals surface area contributed by atoms with Crippen molar-refractivity contribution in [2.24, 2.45) is 29.1 Å². The Balaban J connectivity index is 1.52. The van der Waals surface area contributed by atoms with E-state index in [-0.39, 0.29) is 35.9 Å². The van der Waals surface area contributed by atoms with Crippen LogP contribution in [0.15, 0.2) is 66.5 Å². The zero-order valence-corrected chi connectivity index (χ0v) is 30.2. The van der Waals surface area contributed by atoms with E-state index in [4.69, 9.17) is 28.4 Å². The Labute approximate surface area is 301 Å². The molecule has 52 heavy (non-hydrogen) atoms. The first kappa shape index (κ1) is 36.9. The van der Waals surface area contributed by atoms with Crippen molar-refractivity contribution in [3.8, 4) is 0 Å². The first-order chi connectivity index (χ1) is 24.6. The van der Waals surface area contributed by atoms with Gasteiger partial charge >= 0.3 is 29.8 Å². The molecule has 3 aliphatic carbocycles. The van der Waals surface area contributed by atoms with Crippen LogP contribution >= 0.6 is 0 Å². The smallest absolute Gasteiger partial charge is 0.339 e. The summed E-state index contributed by atoms with van der Waals surface area (Å²) < 4.78 is 36.3. The Morgan fingerprint density at radius 3 is 2.08 bits per heavy atom. The summed E-state index contributed by atoms with van der Waals surface area (Å²) in [7, 11) is 0. The molecule has 1 saturated heterocycles. The molecule has 6 rings (SSSR count). The topological polar surface area (TPSA) is 174 Å². The van der Waals surface area contributed by atoms with Crippen LogP contribution in [0.5, 0.6) is 0 Å². The number of carbonyl (C=O) groups excluding carboxylic acids is 6. The van der Waals surface area contributed by atoms with E-state index in [1.165, 1.54) is 33.2 Å². The van der Waals surface area contributed by atoms with E-state index in [0.29, 0.717) is 5.57 Å². The summed E-state index contributed by atoms with van der Waals surface area (Å²) in [4.78, 5) is 83.8. The molecular weight excluding hydrogens is 674 g/mol. The van der Waals surface area contributed by atoms with Gasteiger partial charge in [0.1, 0.15) is 18.3 Å². The molecule has 1 aliphatic heterocycles. The SMILES string of the molecule is CC(=O)O[C@@H]1[C@@H]2[C@H](C(OC(=O)c3ccccc3)[C@H](OC(C)=O)/C(C)=C/[C@@]34O[C@@]3(C[C@H](C)[C@@H]4OC(C)=O)C(=O)[C@@H]1C)[C@]2(C)COC(=O)c1cccnc1. The van der Waals surface area contributed by atoms with Crippen LogP contribution in [0.2, 0.25) is 0 Å². The third-order valence-corrected chi connectivity index (χ3v) is 11.0. The molecule has 0 bridgehead atoms. The van der Waals surface area contributed by atoms with Crippen LogP contribution in [0.4, 0.5) is 0 Å². The van der Waals surface area contributed by atoms with Gasteiger partial charge in [0.05, 0.1) is 23.7 Å². The lowest BCUT2D eigenvalue weighted by atomic mass is 9.80. The molecule has 11 atom stereocenters. The minimum absolute atomic E-state index is 0.198. The zero-order valence-electron chi connectivity index (χ0n) is 30.2. The van der Waals surface area contributed by atoms with Crippen LogP contribution < -0.4 is 0 Å². The van der Waals surface area contributed by atoms with Crippen molar-refractivity contribution in [3.63, 3.8) is 0 Å². The molecule has 1 aromatic carbocycles. The summed E-state index contributed by atoms with van der Waals surface area (Å²) in [5, 5.41) is 0. The standard InChI is InChI=1S/C39H43NO12/c1-20-16-39-34(50-25(6)43)21(2)17-38(39,52-39)33(44)22(3)31(49-24(5)42)28-29(37(28,7)19-47-35(45)27-14-11-15-40-18-27)32(30(20)48-23(4)41)51-36(46)26-12-9-8-10-13-26/h8-16,18,21-22,28-32,34H,17,19H2,1-7H3/b20-16+/t21-,22+,28-,29+,30+,31-,32?,34-,37+,38-,39-/m0/s1. The number of hydrogen-bond donors (Lipinski definition) is 0. The van der Waals surface area contributed by atoms with Crippen molar-refractivity contribution in [2.75, 3.05) is 6.61 Å². The van der Waals surface area contributed by atoms with Gasteiger partial charge in [-0.15, -0.1) is 0 Å². The van der Waals surface area contributed by atoms with E-state index in [1.54, 1.807) is 69.3 Å². The van der Waals surface area contributed by atoms with E-state index in [9.17, 15) is 28.8 Å². The van der Waals surface area contributed by atoms with Crippen molar-refractivity contribution in [1.29, 1.82) is 0 Å². The molecule has 13 nitrogen and oxygen atoms in total. The molecule has 4 aliphatic rings. The summed E-state index contributed by atoms with van der Waals surface area (Å²) >= 11 is 0. The summed E-state index contributed by atoms with van der Waals surface area (Å²) in [5.41, 5.74) is -3.16. The monoisotopic (exact) mass is 717 g/mol. The number of esters is 5. The number of aromatic nitrogens is 1. The maximum Gasteiger partial charge on any atom is 0.339 e. The number of nitrogens with zero attached hydrogens (tertiary/aromatic N) is 1. The zero-order chi connectivity index (χ0) is 37.7. The Kier molecular flexibility index (Phi) is 9.62. The molecule has 1 unspecified atom stereocenters. The number of ketones is 1. The lowest BCUT2D eigenvalue weighted by Crippen LogP contribution is -2.43. The highest BCUT2D eigenvalue weighted by Crippen LogP contribution is 2.69. The van der Waals surface area contributed by atoms with Gasteiger partial charge in [0.25, 0.3) is 0 Å². The van der Waals surface area contributed by atoms with Gasteiger partial charge in [0.15, 0.2) is 23.1 Å². The van der Waals surface area contributed by atoms with Crippen molar-refractivity contribution >= 4 is 35.6 Å².